The van der Waals surface area contributed by atoms with Crippen molar-refractivity contribution in [3.8, 4) is 11.5 Å². The summed E-state index contributed by atoms with van der Waals surface area (Å²) in [4.78, 5) is 0. The van der Waals surface area contributed by atoms with Crippen molar-refractivity contribution in [3.05, 3.63) is 58.1 Å². The quantitative estimate of drug-likeness (QED) is 0.819. The van der Waals surface area contributed by atoms with Crippen LogP contribution in [0.3, 0.4) is 0 Å². The average Bonchev–Trinajstić information content (AvgIpc) is 2.46. The summed E-state index contributed by atoms with van der Waals surface area (Å²) < 4.78 is 12.3. The standard InChI is InChI=1S/C16H18BrNO2/c1-12-6-7-16(14(17)10-12)20-9-8-19-15-5-3-2-4-13(15)11-18/h2-7,10H,8-9,11,18H2,1H3. The van der Waals surface area contributed by atoms with Crippen LogP contribution in [0.1, 0.15) is 11.1 Å². The van der Waals surface area contributed by atoms with Crippen molar-refractivity contribution in [2.24, 2.45) is 5.73 Å². The number of hydrogen-bond acceptors (Lipinski definition) is 3. The van der Waals surface area contributed by atoms with E-state index in [1.807, 2.05) is 49.4 Å². The first-order valence-electron chi connectivity index (χ1n) is 6.50. The van der Waals surface area contributed by atoms with Crippen LogP contribution >= 0.6 is 15.9 Å². The molecule has 0 unspecified atom stereocenters. The Bertz CT molecular complexity index is 572. The maximum atomic E-state index is 5.69. The van der Waals surface area contributed by atoms with Crippen LogP contribution in [0.2, 0.25) is 0 Å². The Hall–Kier alpha value is -1.52. The second kappa shape index (κ2) is 7.31. The maximum Gasteiger partial charge on any atom is 0.133 e. The Morgan fingerprint density at radius 3 is 2.40 bits per heavy atom. The summed E-state index contributed by atoms with van der Waals surface area (Å²) in [6.07, 6.45) is 0. The van der Waals surface area contributed by atoms with Crippen LogP contribution in [0.4, 0.5) is 0 Å². The third-order valence-electron chi connectivity index (χ3n) is 2.88. The molecule has 2 aromatic carbocycles. The molecule has 4 heteroatoms. The van der Waals surface area contributed by atoms with E-state index in [9.17, 15) is 0 Å². The molecule has 0 aliphatic carbocycles. The highest BCUT2D eigenvalue weighted by molar-refractivity contribution is 9.10. The van der Waals surface area contributed by atoms with Crippen molar-refractivity contribution in [2.45, 2.75) is 13.5 Å². The lowest BCUT2D eigenvalue weighted by atomic mass is 10.2. The highest BCUT2D eigenvalue weighted by Crippen LogP contribution is 2.25. The van der Waals surface area contributed by atoms with Crippen molar-refractivity contribution in [3.63, 3.8) is 0 Å². The summed E-state index contributed by atoms with van der Waals surface area (Å²) in [6, 6.07) is 13.8. The molecule has 0 radical (unpaired) electrons. The lowest BCUT2D eigenvalue weighted by Gasteiger charge is -2.12. The topological polar surface area (TPSA) is 44.5 Å². The first-order valence-corrected chi connectivity index (χ1v) is 7.29. The van der Waals surface area contributed by atoms with Gasteiger partial charge in [-0.05, 0) is 46.6 Å². The van der Waals surface area contributed by atoms with Crippen molar-refractivity contribution in [1.29, 1.82) is 0 Å². The Kier molecular flexibility index (Phi) is 5.44. The lowest BCUT2D eigenvalue weighted by molar-refractivity contribution is 0.215. The molecular formula is C16H18BrNO2. The van der Waals surface area contributed by atoms with Gasteiger partial charge >= 0.3 is 0 Å². The van der Waals surface area contributed by atoms with E-state index in [1.54, 1.807) is 0 Å². The molecule has 0 aliphatic rings. The van der Waals surface area contributed by atoms with Crippen LogP contribution in [-0.4, -0.2) is 13.2 Å². The first kappa shape index (κ1) is 14.9. The van der Waals surface area contributed by atoms with Crippen LogP contribution in [0.5, 0.6) is 11.5 Å². The summed E-state index contributed by atoms with van der Waals surface area (Å²) in [5.74, 6) is 1.65. The third kappa shape index (κ3) is 3.99. The predicted octanol–water partition coefficient (Wildman–Crippen LogP) is 3.67. The third-order valence-corrected chi connectivity index (χ3v) is 3.50. The van der Waals surface area contributed by atoms with Gasteiger partial charge in [-0.1, -0.05) is 24.3 Å². The molecule has 2 aromatic rings. The number of ether oxygens (including phenoxy) is 2. The number of benzene rings is 2. The molecule has 0 fully saturated rings. The van der Waals surface area contributed by atoms with Crippen molar-refractivity contribution in [1.82, 2.24) is 0 Å². The zero-order valence-corrected chi connectivity index (χ0v) is 13.0. The molecule has 20 heavy (non-hydrogen) atoms. The highest BCUT2D eigenvalue weighted by atomic mass is 79.9. The Balaban J connectivity index is 1.84. The normalized spacial score (nSPS) is 10.3. The number of hydrogen-bond donors (Lipinski definition) is 1. The number of rotatable bonds is 6. The molecule has 0 heterocycles. The molecule has 0 saturated heterocycles. The van der Waals surface area contributed by atoms with Crippen molar-refractivity contribution < 1.29 is 9.47 Å². The predicted molar refractivity (Wildman–Crippen MR) is 84.2 cm³/mol. The summed E-state index contributed by atoms with van der Waals surface area (Å²) in [7, 11) is 0. The van der Waals surface area contributed by atoms with Gasteiger partial charge in [-0.3, -0.25) is 0 Å². The van der Waals surface area contributed by atoms with E-state index in [0.29, 0.717) is 19.8 Å². The molecule has 2 N–H and O–H groups in total. The van der Waals surface area contributed by atoms with E-state index in [0.717, 1.165) is 21.5 Å². The number of nitrogens with two attached hydrogens (primary N) is 1. The maximum absolute atomic E-state index is 5.69. The van der Waals surface area contributed by atoms with Gasteiger partial charge in [0.15, 0.2) is 0 Å². The molecule has 3 nitrogen and oxygen atoms in total. The van der Waals surface area contributed by atoms with Crippen LogP contribution in [0.25, 0.3) is 0 Å². The van der Waals surface area contributed by atoms with E-state index in [2.05, 4.69) is 15.9 Å². The van der Waals surface area contributed by atoms with Gasteiger partial charge in [0, 0.05) is 12.1 Å². The SMILES string of the molecule is Cc1ccc(OCCOc2ccccc2CN)c(Br)c1. The number of aryl methyl sites for hydroxylation is 1. The Morgan fingerprint density at radius 2 is 1.70 bits per heavy atom. The molecule has 0 saturated carbocycles. The van der Waals surface area contributed by atoms with Crippen molar-refractivity contribution >= 4 is 15.9 Å². The van der Waals surface area contributed by atoms with E-state index in [-0.39, 0.29) is 0 Å². The van der Waals surface area contributed by atoms with Crippen molar-refractivity contribution in [2.75, 3.05) is 13.2 Å². The molecular weight excluding hydrogens is 318 g/mol. The van der Waals surface area contributed by atoms with Crippen LogP contribution in [0, 0.1) is 6.92 Å². The zero-order valence-electron chi connectivity index (χ0n) is 11.4. The second-order valence-corrected chi connectivity index (χ2v) is 5.30. The van der Waals surface area contributed by atoms with Gasteiger partial charge in [0.2, 0.25) is 0 Å². The van der Waals surface area contributed by atoms with E-state index in [1.165, 1.54) is 5.56 Å². The smallest absolute Gasteiger partial charge is 0.133 e. The van der Waals surface area contributed by atoms with Gasteiger partial charge in [0.25, 0.3) is 0 Å². The fraction of sp³-hybridized carbons (Fsp3) is 0.250. The van der Waals surface area contributed by atoms with Crippen LogP contribution < -0.4 is 15.2 Å². The number of halogens is 1. The molecule has 0 atom stereocenters. The molecule has 0 spiro atoms. The minimum atomic E-state index is 0.473. The monoisotopic (exact) mass is 335 g/mol. The van der Waals surface area contributed by atoms with E-state index >= 15 is 0 Å². The van der Waals surface area contributed by atoms with Crippen LogP contribution in [0.15, 0.2) is 46.9 Å². The summed E-state index contributed by atoms with van der Waals surface area (Å²) in [5, 5.41) is 0. The minimum absolute atomic E-state index is 0.473. The Morgan fingerprint density at radius 1 is 1.00 bits per heavy atom. The first-order chi connectivity index (χ1) is 9.70. The van der Waals surface area contributed by atoms with Gasteiger partial charge < -0.3 is 15.2 Å². The zero-order chi connectivity index (χ0) is 14.4. The average molecular weight is 336 g/mol. The largest absolute Gasteiger partial charge is 0.490 e. The molecule has 0 amide bonds. The van der Waals surface area contributed by atoms with Gasteiger partial charge in [-0.2, -0.15) is 0 Å². The van der Waals surface area contributed by atoms with E-state index < -0.39 is 0 Å². The molecule has 0 aliphatic heterocycles. The minimum Gasteiger partial charge on any atom is -0.490 e. The summed E-state index contributed by atoms with van der Waals surface area (Å²) in [5.41, 5.74) is 7.86. The van der Waals surface area contributed by atoms with E-state index in [4.69, 9.17) is 15.2 Å². The van der Waals surface area contributed by atoms with Gasteiger partial charge in [0.05, 0.1) is 4.47 Å². The molecule has 0 aromatic heterocycles. The molecule has 106 valence electrons. The summed E-state index contributed by atoms with van der Waals surface area (Å²) in [6.45, 7) is 3.49. The van der Waals surface area contributed by atoms with Gasteiger partial charge in [0.1, 0.15) is 24.7 Å². The fourth-order valence-electron chi connectivity index (χ4n) is 1.84. The van der Waals surface area contributed by atoms with Crippen LogP contribution in [-0.2, 0) is 6.54 Å². The van der Waals surface area contributed by atoms with Gasteiger partial charge in [-0.25, -0.2) is 0 Å². The molecule has 2 rings (SSSR count). The van der Waals surface area contributed by atoms with Gasteiger partial charge in [-0.15, -0.1) is 0 Å². The number of para-hydroxylation sites is 1. The fourth-order valence-corrected chi connectivity index (χ4v) is 2.45. The Labute approximate surface area is 127 Å². The second-order valence-electron chi connectivity index (χ2n) is 4.44. The highest BCUT2D eigenvalue weighted by Gasteiger charge is 2.03. The molecule has 0 bridgehead atoms. The lowest BCUT2D eigenvalue weighted by Crippen LogP contribution is -2.11. The summed E-state index contributed by atoms with van der Waals surface area (Å²) >= 11 is 3.48.